The molecular weight excluding hydrogens is 308 g/mol. The Kier molecular flexibility index (Phi) is 8.69. The molecule has 1 unspecified atom stereocenters. The van der Waals surface area contributed by atoms with Gasteiger partial charge in [0.15, 0.2) is 0 Å². The fourth-order valence-electron chi connectivity index (χ4n) is 2.45. The van der Waals surface area contributed by atoms with Gasteiger partial charge in [-0.15, -0.1) is 0 Å². The van der Waals surface area contributed by atoms with Gasteiger partial charge in [0, 0.05) is 6.42 Å². The van der Waals surface area contributed by atoms with Crippen LogP contribution in [0.3, 0.4) is 0 Å². The quantitative estimate of drug-likeness (QED) is 0.551. The molecule has 0 saturated heterocycles. The molecule has 2 nitrogen and oxygen atoms in total. The number of hydrogen-bond acceptors (Lipinski definition) is 2. The zero-order chi connectivity index (χ0) is 18.8. The topological polar surface area (TPSA) is 26.3 Å². The Labute approximate surface area is 152 Å². The molecule has 0 aliphatic heterocycles. The lowest BCUT2D eigenvalue weighted by Gasteiger charge is -2.14. The minimum Gasteiger partial charge on any atom is -0.458 e. The van der Waals surface area contributed by atoms with Crippen LogP contribution in [0.1, 0.15) is 70.3 Å². The molecule has 0 bridgehead atoms. The maximum atomic E-state index is 11.4. The summed E-state index contributed by atoms with van der Waals surface area (Å²) in [5.74, 6) is -0.178. The van der Waals surface area contributed by atoms with E-state index in [-0.39, 0.29) is 12.1 Å². The third kappa shape index (κ3) is 5.90. The number of carbonyl (C=O) groups excluding carboxylic acids is 1. The molecule has 2 aromatic rings. The highest BCUT2D eigenvalue weighted by molar-refractivity contribution is 5.89. The Bertz CT molecular complexity index is 741. The normalized spacial score (nSPS) is 11.7. The van der Waals surface area contributed by atoms with E-state index in [4.69, 9.17) is 4.74 Å². The van der Waals surface area contributed by atoms with E-state index >= 15 is 0 Å². The minimum absolute atomic E-state index is 0.178. The lowest BCUT2D eigenvalue weighted by atomic mass is 9.98. The zero-order valence-corrected chi connectivity index (χ0v) is 16.1. The van der Waals surface area contributed by atoms with Gasteiger partial charge in [0.1, 0.15) is 6.10 Å². The molecule has 0 radical (unpaired) electrons. The highest BCUT2D eigenvalue weighted by atomic mass is 16.5. The zero-order valence-electron chi connectivity index (χ0n) is 16.1. The van der Waals surface area contributed by atoms with Crippen LogP contribution in [-0.2, 0) is 9.53 Å². The molecule has 134 valence electrons. The average Bonchev–Trinajstić information content (AvgIpc) is 2.61. The SMILES string of the molecule is C=Cc1cc2cc(C(C)OC(=O)CC)ccc2cc1/C=C\C.CCC. The molecule has 25 heavy (non-hydrogen) atoms. The highest BCUT2D eigenvalue weighted by Crippen LogP contribution is 2.27. The summed E-state index contributed by atoms with van der Waals surface area (Å²) < 4.78 is 5.38. The number of benzene rings is 2. The summed E-state index contributed by atoms with van der Waals surface area (Å²) in [6.45, 7) is 13.8. The van der Waals surface area contributed by atoms with Gasteiger partial charge in [-0.2, -0.15) is 0 Å². The van der Waals surface area contributed by atoms with E-state index in [0.29, 0.717) is 6.42 Å². The van der Waals surface area contributed by atoms with Gasteiger partial charge in [0.25, 0.3) is 0 Å². The third-order valence-electron chi connectivity index (χ3n) is 3.70. The van der Waals surface area contributed by atoms with E-state index < -0.39 is 0 Å². The molecular formula is C23H30O2. The number of hydrogen-bond donors (Lipinski definition) is 0. The molecule has 1 atom stereocenters. The van der Waals surface area contributed by atoms with Crippen LogP contribution < -0.4 is 0 Å². The molecule has 0 N–H and O–H groups in total. The number of fused-ring (bicyclic) bond motifs is 1. The van der Waals surface area contributed by atoms with Crippen molar-refractivity contribution in [1.82, 2.24) is 0 Å². The van der Waals surface area contributed by atoms with Crippen LogP contribution in [0.2, 0.25) is 0 Å². The Morgan fingerprint density at radius 1 is 1.12 bits per heavy atom. The molecule has 2 rings (SSSR count). The van der Waals surface area contributed by atoms with Gasteiger partial charge in [-0.05, 0) is 59.5 Å². The summed E-state index contributed by atoms with van der Waals surface area (Å²) in [4.78, 5) is 11.4. The van der Waals surface area contributed by atoms with Crippen LogP contribution in [0.25, 0.3) is 22.9 Å². The Hall–Kier alpha value is -2.35. The van der Waals surface area contributed by atoms with Crippen molar-refractivity contribution >= 4 is 28.9 Å². The van der Waals surface area contributed by atoms with Crippen LogP contribution in [-0.4, -0.2) is 5.97 Å². The van der Waals surface area contributed by atoms with Gasteiger partial charge in [-0.25, -0.2) is 0 Å². The molecule has 0 saturated carbocycles. The minimum atomic E-state index is -0.237. The Morgan fingerprint density at radius 3 is 2.32 bits per heavy atom. The summed E-state index contributed by atoms with van der Waals surface area (Å²) >= 11 is 0. The molecule has 0 spiro atoms. The lowest BCUT2D eigenvalue weighted by Crippen LogP contribution is -2.07. The molecule has 0 aromatic heterocycles. The molecule has 0 amide bonds. The monoisotopic (exact) mass is 338 g/mol. The maximum absolute atomic E-state index is 11.4. The highest BCUT2D eigenvalue weighted by Gasteiger charge is 2.11. The van der Waals surface area contributed by atoms with Gasteiger partial charge >= 0.3 is 5.97 Å². The van der Waals surface area contributed by atoms with Crippen molar-refractivity contribution in [3.05, 3.63) is 59.7 Å². The maximum Gasteiger partial charge on any atom is 0.306 e. The first-order chi connectivity index (χ1) is 12.0. The smallest absolute Gasteiger partial charge is 0.306 e. The van der Waals surface area contributed by atoms with Crippen molar-refractivity contribution in [3.63, 3.8) is 0 Å². The third-order valence-corrected chi connectivity index (χ3v) is 3.70. The fourth-order valence-corrected chi connectivity index (χ4v) is 2.45. The molecule has 2 heteroatoms. The van der Waals surface area contributed by atoms with Crippen LogP contribution >= 0.6 is 0 Å². The van der Waals surface area contributed by atoms with Crippen molar-refractivity contribution in [3.8, 4) is 0 Å². The summed E-state index contributed by atoms with van der Waals surface area (Å²) in [6.07, 6.45) is 7.37. The van der Waals surface area contributed by atoms with Gasteiger partial charge in [0.05, 0.1) is 0 Å². The lowest BCUT2D eigenvalue weighted by molar-refractivity contribution is -0.148. The van der Waals surface area contributed by atoms with Crippen molar-refractivity contribution in [2.45, 2.75) is 53.6 Å². The van der Waals surface area contributed by atoms with Crippen molar-refractivity contribution < 1.29 is 9.53 Å². The van der Waals surface area contributed by atoms with Crippen molar-refractivity contribution in [1.29, 1.82) is 0 Å². The predicted octanol–water partition coefficient (Wildman–Crippen LogP) is 6.95. The molecule has 0 aliphatic rings. The molecule has 0 fully saturated rings. The van der Waals surface area contributed by atoms with Gasteiger partial charge in [-0.1, -0.05) is 64.1 Å². The van der Waals surface area contributed by atoms with Crippen LogP contribution in [0, 0.1) is 0 Å². The van der Waals surface area contributed by atoms with Crippen molar-refractivity contribution in [2.75, 3.05) is 0 Å². The largest absolute Gasteiger partial charge is 0.458 e. The molecule has 2 aromatic carbocycles. The fraction of sp³-hybridized carbons (Fsp3) is 0.348. The first-order valence-corrected chi connectivity index (χ1v) is 9.02. The Morgan fingerprint density at radius 2 is 1.76 bits per heavy atom. The summed E-state index contributed by atoms with van der Waals surface area (Å²) in [5, 5.41) is 2.29. The summed E-state index contributed by atoms with van der Waals surface area (Å²) in [7, 11) is 0. The number of carbonyl (C=O) groups is 1. The number of esters is 1. The second-order valence-corrected chi connectivity index (χ2v) is 5.98. The van der Waals surface area contributed by atoms with E-state index in [1.165, 1.54) is 6.42 Å². The summed E-state index contributed by atoms with van der Waals surface area (Å²) in [6, 6.07) is 10.4. The second-order valence-electron chi connectivity index (χ2n) is 5.98. The van der Waals surface area contributed by atoms with Gasteiger partial charge in [-0.3, -0.25) is 4.79 Å². The Balaban J connectivity index is 0.000000970. The summed E-state index contributed by atoms with van der Waals surface area (Å²) in [5.41, 5.74) is 3.26. The number of allylic oxidation sites excluding steroid dienone is 1. The second kappa shape index (κ2) is 10.5. The van der Waals surface area contributed by atoms with Crippen LogP contribution in [0.5, 0.6) is 0 Å². The number of rotatable bonds is 5. The first-order valence-electron chi connectivity index (χ1n) is 9.02. The number of ether oxygens (including phenoxy) is 1. The van der Waals surface area contributed by atoms with Gasteiger partial charge in [0.2, 0.25) is 0 Å². The first kappa shape index (κ1) is 20.7. The van der Waals surface area contributed by atoms with E-state index in [2.05, 4.69) is 50.8 Å². The van der Waals surface area contributed by atoms with Crippen molar-refractivity contribution in [2.24, 2.45) is 0 Å². The van der Waals surface area contributed by atoms with Crippen LogP contribution in [0.15, 0.2) is 43.0 Å². The van der Waals surface area contributed by atoms with E-state index in [1.807, 2.05) is 32.1 Å². The molecule has 0 aliphatic carbocycles. The van der Waals surface area contributed by atoms with Gasteiger partial charge < -0.3 is 4.74 Å². The van der Waals surface area contributed by atoms with E-state index in [0.717, 1.165) is 27.5 Å². The molecule has 0 heterocycles. The average molecular weight is 338 g/mol. The van der Waals surface area contributed by atoms with Crippen LogP contribution in [0.4, 0.5) is 0 Å². The predicted molar refractivity (Wildman–Crippen MR) is 110 cm³/mol. The van der Waals surface area contributed by atoms with E-state index in [9.17, 15) is 4.79 Å². The standard InChI is InChI=1S/C20H22O2.C3H8/c1-5-8-17-13-18-10-9-16(14(4)22-20(21)7-3)12-19(18)11-15(17)6-2;1-3-2/h5-6,8-14H,2,7H2,1,3-4H3;3H2,1-2H3/b8-5-;. The van der Waals surface area contributed by atoms with E-state index in [1.54, 1.807) is 6.92 Å².